The molecule has 0 atom stereocenters. The van der Waals surface area contributed by atoms with Gasteiger partial charge in [-0.2, -0.15) is 0 Å². The molecule has 0 saturated heterocycles. The number of ether oxygens (including phenoxy) is 1. The van der Waals surface area contributed by atoms with Crippen molar-refractivity contribution in [2.45, 2.75) is 13.0 Å². The van der Waals surface area contributed by atoms with Gasteiger partial charge in [0.15, 0.2) is 0 Å². The van der Waals surface area contributed by atoms with Crippen molar-refractivity contribution in [2.24, 2.45) is 0 Å². The normalized spacial score (nSPS) is 9.86. The van der Waals surface area contributed by atoms with Gasteiger partial charge < -0.3 is 9.84 Å². The van der Waals surface area contributed by atoms with E-state index >= 15 is 0 Å². The second kappa shape index (κ2) is 7.68. The monoisotopic (exact) mass is 304 g/mol. The molecule has 0 unspecified atom stereocenters. The molecule has 108 valence electrons. The summed E-state index contributed by atoms with van der Waals surface area (Å²) in [7, 11) is 0. The van der Waals surface area contributed by atoms with Gasteiger partial charge >= 0.3 is 0 Å². The third-order valence-corrected chi connectivity index (χ3v) is 2.96. The van der Waals surface area contributed by atoms with E-state index in [9.17, 15) is 4.39 Å². The van der Waals surface area contributed by atoms with Gasteiger partial charge in [-0.25, -0.2) is 4.39 Å². The van der Waals surface area contributed by atoms with Gasteiger partial charge in [0.25, 0.3) is 0 Å². The molecule has 0 radical (unpaired) electrons. The number of aliphatic hydroxyl groups is 1. The van der Waals surface area contributed by atoms with E-state index in [0.29, 0.717) is 29.4 Å². The van der Waals surface area contributed by atoms with Crippen molar-refractivity contribution in [3.63, 3.8) is 0 Å². The molecule has 4 heteroatoms. The Hall–Kier alpha value is -2.02. The first-order valence-corrected chi connectivity index (χ1v) is 6.83. The smallest absolute Gasteiger partial charge is 0.138 e. The number of aliphatic hydroxyl groups excluding tert-OH is 1. The quantitative estimate of drug-likeness (QED) is 0.871. The van der Waals surface area contributed by atoms with Gasteiger partial charge in [0.2, 0.25) is 0 Å². The molecule has 2 aromatic rings. The zero-order chi connectivity index (χ0) is 15.1. The molecule has 0 heterocycles. The minimum absolute atomic E-state index is 0.00480. The molecule has 2 aromatic carbocycles. The Kier molecular flexibility index (Phi) is 5.62. The lowest BCUT2D eigenvalue weighted by atomic mass is 10.2. The fourth-order valence-electron chi connectivity index (χ4n) is 1.67. The van der Waals surface area contributed by atoms with Gasteiger partial charge in [0.05, 0.1) is 12.2 Å². The Morgan fingerprint density at radius 3 is 2.62 bits per heavy atom. The highest BCUT2D eigenvalue weighted by Crippen LogP contribution is 2.21. The lowest BCUT2D eigenvalue weighted by Crippen LogP contribution is -1.98. The van der Waals surface area contributed by atoms with Gasteiger partial charge in [0.1, 0.15) is 18.2 Å². The fraction of sp³-hybridized carbons (Fsp3) is 0.176. The fourth-order valence-corrected chi connectivity index (χ4v) is 1.80. The van der Waals surface area contributed by atoms with Crippen LogP contribution in [0.15, 0.2) is 42.5 Å². The number of halogens is 2. The van der Waals surface area contributed by atoms with Gasteiger partial charge in [0, 0.05) is 17.5 Å². The van der Waals surface area contributed by atoms with E-state index in [-0.39, 0.29) is 12.4 Å². The van der Waals surface area contributed by atoms with Crippen LogP contribution in [0.25, 0.3) is 0 Å². The van der Waals surface area contributed by atoms with Crippen molar-refractivity contribution in [3.05, 3.63) is 64.4 Å². The van der Waals surface area contributed by atoms with Gasteiger partial charge in [-0.15, -0.1) is 0 Å². The lowest BCUT2D eigenvalue weighted by molar-refractivity contribution is 0.303. The minimum atomic E-state index is -0.381. The Bertz CT molecular complexity index is 657. The van der Waals surface area contributed by atoms with E-state index in [4.69, 9.17) is 21.4 Å². The first kappa shape index (κ1) is 15.4. The minimum Gasteiger partial charge on any atom is -0.487 e. The molecule has 1 N–H and O–H groups in total. The maximum Gasteiger partial charge on any atom is 0.138 e. The van der Waals surface area contributed by atoms with E-state index in [1.54, 1.807) is 18.2 Å². The third kappa shape index (κ3) is 4.78. The summed E-state index contributed by atoms with van der Waals surface area (Å²) in [5, 5.41) is 9.38. The molecule has 0 aliphatic heterocycles. The van der Waals surface area contributed by atoms with Crippen molar-refractivity contribution in [3.8, 4) is 17.6 Å². The highest BCUT2D eigenvalue weighted by Gasteiger charge is 2.04. The Morgan fingerprint density at radius 1 is 1.14 bits per heavy atom. The average Bonchev–Trinajstić information content (AvgIpc) is 2.49. The van der Waals surface area contributed by atoms with Crippen molar-refractivity contribution in [1.82, 2.24) is 0 Å². The van der Waals surface area contributed by atoms with Crippen LogP contribution in [0.2, 0.25) is 5.02 Å². The van der Waals surface area contributed by atoms with E-state index in [1.165, 1.54) is 12.1 Å². The van der Waals surface area contributed by atoms with Crippen LogP contribution in [0.3, 0.4) is 0 Å². The Labute approximate surface area is 128 Å². The molecule has 2 nitrogen and oxygen atoms in total. The highest BCUT2D eigenvalue weighted by atomic mass is 35.5. The van der Waals surface area contributed by atoms with Crippen LogP contribution in [0, 0.1) is 17.7 Å². The van der Waals surface area contributed by atoms with E-state index in [1.807, 2.05) is 12.1 Å². The van der Waals surface area contributed by atoms with Crippen LogP contribution in [0.4, 0.5) is 4.39 Å². The molecule has 0 aromatic heterocycles. The number of hydrogen-bond acceptors (Lipinski definition) is 2. The predicted octanol–water partition coefficient (Wildman–Crippen LogP) is 3.79. The maximum absolute atomic E-state index is 13.3. The molecule has 2 rings (SSSR count). The number of rotatable bonds is 4. The number of hydrogen-bond donors (Lipinski definition) is 1. The van der Waals surface area contributed by atoms with E-state index in [0.717, 1.165) is 5.56 Å². The van der Waals surface area contributed by atoms with Gasteiger partial charge in [-0.1, -0.05) is 35.6 Å². The lowest BCUT2D eigenvalue weighted by Gasteiger charge is -2.08. The second-order valence-corrected chi connectivity index (χ2v) is 4.77. The standard InChI is InChI=1S/C17H14ClFO2/c18-15-7-4-13(5-8-15)12-21-17-11-16(19)9-6-14(17)3-1-2-10-20/h4-9,11,20H,2,10,12H2. The summed E-state index contributed by atoms with van der Waals surface area (Å²) >= 11 is 5.82. The van der Waals surface area contributed by atoms with Crippen molar-refractivity contribution >= 4 is 11.6 Å². The largest absolute Gasteiger partial charge is 0.487 e. The van der Waals surface area contributed by atoms with Gasteiger partial charge in [-0.05, 0) is 29.8 Å². The predicted molar refractivity (Wildman–Crippen MR) is 80.8 cm³/mol. The molecular weight excluding hydrogens is 291 g/mol. The van der Waals surface area contributed by atoms with Gasteiger partial charge in [-0.3, -0.25) is 0 Å². The van der Waals surface area contributed by atoms with E-state index in [2.05, 4.69) is 11.8 Å². The maximum atomic E-state index is 13.3. The Morgan fingerprint density at radius 2 is 1.90 bits per heavy atom. The number of benzene rings is 2. The van der Waals surface area contributed by atoms with Crippen LogP contribution in [-0.2, 0) is 6.61 Å². The highest BCUT2D eigenvalue weighted by molar-refractivity contribution is 6.30. The molecule has 0 amide bonds. The summed E-state index contributed by atoms with van der Waals surface area (Å²) in [6.45, 7) is 0.296. The molecule has 21 heavy (non-hydrogen) atoms. The summed E-state index contributed by atoms with van der Waals surface area (Å²) in [6.07, 6.45) is 0.369. The summed E-state index contributed by atoms with van der Waals surface area (Å²) in [5.74, 6) is 5.66. The van der Waals surface area contributed by atoms with Crippen molar-refractivity contribution in [2.75, 3.05) is 6.61 Å². The summed E-state index contributed by atoms with van der Waals surface area (Å²) in [4.78, 5) is 0. The first-order valence-electron chi connectivity index (χ1n) is 6.45. The van der Waals surface area contributed by atoms with E-state index < -0.39 is 0 Å². The van der Waals surface area contributed by atoms with Crippen molar-refractivity contribution in [1.29, 1.82) is 0 Å². The van der Waals surface area contributed by atoms with Crippen molar-refractivity contribution < 1.29 is 14.2 Å². The second-order valence-electron chi connectivity index (χ2n) is 4.33. The van der Waals surface area contributed by atoms with Crippen LogP contribution >= 0.6 is 11.6 Å². The van der Waals surface area contributed by atoms with Crippen LogP contribution < -0.4 is 4.74 Å². The third-order valence-electron chi connectivity index (χ3n) is 2.71. The topological polar surface area (TPSA) is 29.5 Å². The summed E-state index contributed by atoms with van der Waals surface area (Å²) < 4.78 is 19.0. The first-order chi connectivity index (χ1) is 10.2. The molecular formula is C17H14ClFO2. The van der Waals surface area contributed by atoms with Crippen LogP contribution in [-0.4, -0.2) is 11.7 Å². The average molecular weight is 305 g/mol. The van der Waals surface area contributed by atoms with Crippen LogP contribution in [0.1, 0.15) is 17.5 Å². The Balaban J connectivity index is 2.13. The molecule has 0 bridgehead atoms. The molecule has 0 spiro atoms. The molecule has 0 aliphatic rings. The summed E-state index contributed by atoms with van der Waals surface area (Å²) in [5.41, 5.74) is 1.52. The molecule has 0 fully saturated rings. The molecule has 0 aliphatic carbocycles. The summed E-state index contributed by atoms with van der Waals surface area (Å²) in [6, 6.07) is 11.4. The SMILES string of the molecule is OCCC#Cc1ccc(F)cc1OCc1ccc(Cl)cc1. The zero-order valence-corrected chi connectivity index (χ0v) is 12.0. The zero-order valence-electron chi connectivity index (χ0n) is 11.3. The molecule has 0 saturated carbocycles. The van der Waals surface area contributed by atoms with Crippen LogP contribution in [0.5, 0.6) is 5.75 Å².